The van der Waals surface area contributed by atoms with Gasteiger partial charge in [0.1, 0.15) is 5.82 Å². The van der Waals surface area contributed by atoms with Gasteiger partial charge in [0.25, 0.3) is 5.91 Å². The number of hydrogen-bond donors (Lipinski definition) is 1. The number of amides is 1. The number of methoxy groups -OCH3 is 1. The molecule has 4 nitrogen and oxygen atoms in total. The van der Waals surface area contributed by atoms with Crippen LogP contribution in [0.5, 0.6) is 11.5 Å². The minimum Gasteiger partial charge on any atom is -0.493 e. The van der Waals surface area contributed by atoms with Crippen LogP contribution in [0.4, 0.5) is 18.9 Å². The highest BCUT2D eigenvalue weighted by atomic mass is 19.3. The lowest BCUT2D eigenvalue weighted by Gasteiger charge is -2.12. The van der Waals surface area contributed by atoms with Gasteiger partial charge in [-0.1, -0.05) is 0 Å². The molecule has 0 aliphatic rings. The summed E-state index contributed by atoms with van der Waals surface area (Å²) in [6.07, 6.45) is 0. The van der Waals surface area contributed by atoms with Crippen LogP contribution in [0, 0.1) is 5.82 Å². The monoisotopic (exact) mass is 311 g/mol. The highest BCUT2D eigenvalue weighted by molar-refractivity contribution is 6.04. The van der Waals surface area contributed by atoms with Crippen LogP contribution in [0.25, 0.3) is 0 Å². The molecule has 0 radical (unpaired) electrons. The Morgan fingerprint density at radius 1 is 1.09 bits per heavy atom. The molecule has 0 atom stereocenters. The Hall–Kier alpha value is -2.70. The molecule has 22 heavy (non-hydrogen) atoms. The second-order valence-corrected chi connectivity index (χ2v) is 4.21. The summed E-state index contributed by atoms with van der Waals surface area (Å²) < 4.78 is 46.7. The minimum atomic E-state index is -3.02. The molecule has 0 unspecified atom stereocenters. The maximum Gasteiger partial charge on any atom is 0.387 e. The minimum absolute atomic E-state index is 0.111. The molecule has 0 spiro atoms. The topological polar surface area (TPSA) is 47.6 Å². The highest BCUT2D eigenvalue weighted by Crippen LogP contribution is 2.31. The van der Waals surface area contributed by atoms with Crippen molar-refractivity contribution in [3.63, 3.8) is 0 Å². The zero-order valence-corrected chi connectivity index (χ0v) is 11.5. The SMILES string of the molecule is COc1ccc(NC(=O)c2ccc(F)cc2)cc1OC(F)F. The van der Waals surface area contributed by atoms with Crippen molar-refractivity contribution in [1.82, 2.24) is 0 Å². The van der Waals surface area contributed by atoms with Crippen LogP contribution in [0.2, 0.25) is 0 Å². The van der Waals surface area contributed by atoms with Crippen molar-refractivity contribution in [2.45, 2.75) is 6.61 Å². The molecular weight excluding hydrogens is 299 g/mol. The number of halogens is 3. The first kappa shape index (κ1) is 15.7. The maximum absolute atomic E-state index is 12.8. The summed E-state index contributed by atoms with van der Waals surface area (Å²) in [5, 5.41) is 2.50. The lowest BCUT2D eigenvalue weighted by atomic mass is 10.2. The summed E-state index contributed by atoms with van der Waals surface area (Å²) in [4.78, 5) is 12.0. The van der Waals surface area contributed by atoms with Crippen LogP contribution in [0.15, 0.2) is 42.5 Å². The number of benzene rings is 2. The Kier molecular flexibility index (Phi) is 4.88. The molecule has 0 heterocycles. The van der Waals surface area contributed by atoms with E-state index in [2.05, 4.69) is 10.1 Å². The van der Waals surface area contributed by atoms with Gasteiger partial charge in [-0.05, 0) is 36.4 Å². The first-order valence-corrected chi connectivity index (χ1v) is 6.19. The Morgan fingerprint density at radius 2 is 1.77 bits per heavy atom. The van der Waals surface area contributed by atoms with Gasteiger partial charge in [0.05, 0.1) is 7.11 Å². The average Bonchev–Trinajstić information content (AvgIpc) is 2.47. The third kappa shape index (κ3) is 3.91. The summed E-state index contributed by atoms with van der Waals surface area (Å²) in [5.41, 5.74) is 0.472. The molecular formula is C15H12F3NO3. The Labute approximate surface area is 124 Å². The van der Waals surface area contributed by atoms with Crippen LogP contribution in [-0.2, 0) is 0 Å². The van der Waals surface area contributed by atoms with Gasteiger partial charge in [0, 0.05) is 17.3 Å². The second kappa shape index (κ2) is 6.84. The van der Waals surface area contributed by atoms with E-state index in [1.54, 1.807) is 0 Å². The number of carbonyl (C=O) groups excluding carboxylic acids is 1. The zero-order chi connectivity index (χ0) is 16.1. The van der Waals surface area contributed by atoms with E-state index >= 15 is 0 Å². The van der Waals surface area contributed by atoms with Crippen molar-refractivity contribution in [1.29, 1.82) is 0 Å². The predicted molar refractivity (Wildman–Crippen MR) is 74.0 cm³/mol. The lowest BCUT2D eigenvalue weighted by molar-refractivity contribution is -0.0511. The molecule has 116 valence electrons. The van der Waals surface area contributed by atoms with Gasteiger partial charge < -0.3 is 14.8 Å². The molecule has 7 heteroatoms. The van der Waals surface area contributed by atoms with Crippen molar-refractivity contribution in [3.05, 3.63) is 53.8 Å². The normalized spacial score (nSPS) is 10.4. The van der Waals surface area contributed by atoms with Gasteiger partial charge in [0.15, 0.2) is 11.5 Å². The van der Waals surface area contributed by atoms with Gasteiger partial charge in [-0.15, -0.1) is 0 Å². The van der Waals surface area contributed by atoms with E-state index in [4.69, 9.17) is 4.74 Å². The average molecular weight is 311 g/mol. The van der Waals surface area contributed by atoms with Crippen molar-refractivity contribution in [2.24, 2.45) is 0 Å². The number of nitrogens with one attached hydrogen (secondary N) is 1. The van der Waals surface area contributed by atoms with E-state index in [0.29, 0.717) is 0 Å². The first-order chi connectivity index (χ1) is 10.5. The molecule has 1 amide bonds. The number of hydrogen-bond acceptors (Lipinski definition) is 3. The molecule has 0 saturated carbocycles. The number of anilines is 1. The fraction of sp³-hybridized carbons (Fsp3) is 0.133. The standard InChI is InChI=1S/C15H12F3NO3/c1-21-12-7-6-11(8-13(12)22-15(17)18)19-14(20)9-2-4-10(16)5-3-9/h2-8,15H,1H3,(H,19,20). The smallest absolute Gasteiger partial charge is 0.387 e. The largest absolute Gasteiger partial charge is 0.493 e. The summed E-state index contributed by atoms with van der Waals surface area (Å²) in [7, 11) is 1.31. The van der Waals surface area contributed by atoms with E-state index in [1.165, 1.54) is 37.4 Å². The third-order valence-electron chi connectivity index (χ3n) is 2.74. The molecule has 1 N–H and O–H groups in total. The van der Waals surface area contributed by atoms with E-state index in [1.807, 2.05) is 0 Å². The van der Waals surface area contributed by atoms with Gasteiger partial charge >= 0.3 is 6.61 Å². The number of ether oxygens (including phenoxy) is 2. The van der Waals surface area contributed by atoms with Crippen LogP contribution in [0.1, 0.15) is 10.4 Å². The van der Waals surface area contributed by atoms with E-state index < -0.39 is 18.3 Å². The van der Waals surface area contributed by atoms with Crippen LogP contribution in [0.3, 0.4) is 0 Å². The van der Waals surface area contributed by atoms with E-state index in [9.17, 15) is 18.0 Å². The zero-order valence-electron chi connectivity index (χ0n) is 11.5. The van der Waals surface area contributed by atoms with Gasteiger partial charge in [-0.25, -0.2) is 4.39 Å². The van der Waals surface area contributed by atoms with E-state index in [-0.39, 0.29) is 22.7 Å². The molecule has 0 fully saturated rings. The first-order valence-electron chi connectivity index (χ1n) is 6.19. The fourth-order valence-electron chi connectivity index (χ4n) is 1.75. The summed E-state index contributed by atoms with van der Waals surface area (Å²) in [6, 6.07) is 8.99. The molecule has 2 aromatic carbocycles. The van der Waals surface area contributed by atoms with Crippen LogP contribution >= 0.6 is 0 Å². The quantitative estimate of drug-likeness (QED) is 0.916. The summed E-state index contributed by atoms with van der Waals surface area (Å²) in [5.74, 6) is -1.06. The molecule has 0 saturated heterocycles. The Balaban J connectivity index is 2.18. The Bertz CT molecular complexity index is 660. The third-order valence-corrected chi connectivity index (χ3v) is 2.74. The van der Waals surface area contributed by atoms with Gasteiger partial charge in [-0.3, -0.25) is 4.79 Å². The number of rotatable bonds is 5. The van der Waals surface area contributed by atoms with E-state index in [0.717, 1.165) is 12.1 Å². The summed E-state index contributed by atoms with van der Waals surface area (Å²) >= 11 is 0. The van der Waals surface area contributed by atoms with Gasteiger partial charge in [-0.2, -0.15) is 8.78 Å². The molecule has 0 aliphatic heterocycles. The van der Waals surface area contributed by atoms with Crippen LogP contribution < -0.4 is 14.8 Å². The number of carbonyl (C=O) groups is 1. The highest BCUT2D eigenvalue weighted by Gasteiger charge is 2.13. The van der Waals surface area contributed by atoms with Crippen LogP contribution in [-0.4, -0.2) is 19.6 Å². The maximum atomic E-state index is 12.8. The molecule has 2 rings (SSSR count). The Morgan fingerprint density at radius 3 is 2.36 bits per heavy atom. The summed E-state index contributed by atoms with van der Waals surface area (Å²) in [6.45, 7) is -3.02. The lowest BCUT2D eigenvalue weighted by Crippen LogP contribution is -2.12. The van der Waals surface area contributed by atoms with Crippen molar-refractivity contribution >= 4 is 11.6 Å². The van der Waals surface area contributed by atoms with Gasteiger partial charge in [0.2, 0.25) is 0 Å². The van der Waals surface area contributed by atoms with Crippen molar-refractivity contribution in [2.75, 3.05) is 12.4 Å². The van der Waals surface area contributed by atoms with Crippen molar-refractivity contribution < 1.29 is 27.4 Å². The molecule has 0 bridgehead atoms. The predicted octanol–water partition coefficient (Wildman–Crippen LogP) is 3.69. The molecule has 0 aromatic heterocycles. The second-order valence-electron chi connectivity index (χ2n) is 4.21. The fourth-order valence-corrected chi connectivity index (χ4v) is 1.75. The molecule has 2 aromatic rings. The molecule has 0 aliphatic carbocycles. The number of alkyl halides is 2. The van der Waals surface area contributed by atoms with Crippen molar-refractivity contribution in [3.8, 4) is 11.5 Å².